The molecule has 0 radical (unpaired) electrons. The van der Waals surface area contributed by atoms with E-state index >= 15 is 0 Å². The highest BCUT2D eigenvalue weighted by Crippen LogP contribution is 2.18. The summed E-state index contributed by atoms with van der Waals surface area (Å²) in [7, 11) is 0. The first-order valence-corrected chi connectivity index (χ1v) is 8.76. The lowest BCUT2D eigenvalue weighted by atomic mass is 10.2. The Morgan fingerprint density at radius 2 is 1.46 bits per heavy atom. The van der Waals surface area contributed by atoms with Gasteiger partial charge in [0.15, 0.2) is 0 Å². The molecule has 0 N–H and O–H groups in total. The van der Waals surface area contributed by atoms with Crippen LogP contribution in [-0.2, 0) is 6.54 Å². The highest BCUT2D eigenvalue weighted by Gasteiger charge is 2.08. The van der Waals surface area contributed by atoms with Gasteiger partial charge in [-0.15, -0.1) is 0 Å². The zero-order chi connectivity index (χ0) is 17.6. The molecular formula is C23H20N2O. The van der Waals surface area contributed by atoms with Gasteiger partial charge in [0.1, 0.15) is 18.2 Å². The third-order valence-corrected chi connectivity index (χ3v) is 4.24. The van der Waals surface area contributed by atoms with Gasteiger partial charge in [-0.1, -0.05) is 66.7 Å². The number of fused-ring (bicyclic) bond motifs is 1. The van der Waals surface area contributed by atoms with Crippen molar-refractivity contribution in [3.8, 4) is 5.75 Å². The highest BCUT2D eigenvalue weighted by molar-refractivity contribution is 5.79. The van der Waals surface area contributed by atoms with E-state index in [1.165, 1.54) is 0 Å². The number of benzene rings is 3. The minimum absolute atomic E-state index is 0.594. The molecule has 0 atom stereocenters. The minimum atomic E-state index is 0.594. The highest BCUT2D eigenvalue weighted by atomic mass is 16.5. The van der Waals surface area contributed by atoms with Crippen LogP contribution in [0, 0.1) is 0 Å². The van der Waals surface area contributed by atoms with Crippen LogP contribution in [0.15, 0.2) is 84.9 Å². The molecule has 0 saturated carbocycles. The first-order chi connectivity index (χ1) is 12.9. The predicted molar refractivity (Wildman–Crippen MR) is 107 cm³/mol. The van der Waals surface area contributed by atoms with Crippen molar-refractivity contribution in [1.29, 1.82) is 0 Å². The molecule has 3 nitrogen and oxygen atoms in total. The molecule has 0 aliphatic carbocycles. The Labute approximate surface area is 153 Å². The van der Waals surface area contributed by atoms with E-state index in [1.54, 1.807) is 0 Å². The van der Waals surface area contributed by atoms with Gasteiger partial charge in [0.2, 0.25) is 0 Å². The second kappa shape index (κ2) is 7.70. The average Bonchev–Trinajstić information content (AvgIpc) is 3.06. The van der Waals surface area contributed by atoms with E-state index in [2.05, 4.69) is 34.9 Å². The molecular weight excluding hydrogens is 320 g/mol. The Hall–Kier alpha value is -3.33. The molecule has 0 spiro atoms. The summed E-state index contributed by atoms with van der Waals surface area (Å²) in [6, 6.07) is 28.4. The molecule has 0 aliphatic rings. The molecule has 0 aliphatic heterocycles. The lowest BCUT2D eigenvalue weighted by Crippen LogP contribution is -2.09. The number of aromatic nitrogens is 2. The van der Waals surface area contributed by atoms with Crippen LogP contribution in [0.25, 0.3) is 23.2 Å². The molecule has 3 aromatic carbocycles. The van der Waals surface area contributed by atoms with Crippen molar-refractivity contribution in [3.05, 3.63) is 96.3 Å². The Morgan fingerprint density at radius 1 is 0.769 bits per heavy atom. The summed E-state index contributed by atoms with van der Waals surface area (Å²) in [6.07, 6.45) is 4.16. The summed E-state index contributed by atoms with van der Waals surface area (Å²) in [5, 5.41) is 0. The molecule has 0 bridgehead atoms. The molecule has 1 aromatic heterocycles. The molecule has 1 heterocycles. The normalized spacial score (nSPS) is 11.2. The topological polar surface area (TPSA) is 27.1 Å². The van der Waals surface area contributed by atoms with Crippen molar-refractivity contribution in [1.82, 2.24) is 9.55 Å². The van der Waals surface area contributed by atoms with Gasteiger partial charge in [0, 0.05) is 0 Å². The van der Waals surface area contributed by atoms with E-state index < -0.39 is 0 Å². The SMILES string of the molecule is C(=C\c1nc2ccccc2n1CCOc1ccccc1)/c1ccccc1. The number of hydrogen-bond acceptors (Lipinski definition) is 2. The van der Waals surface area contributed by atoms with Gasteiger partial charge in [-0.2, -0.15) is 0 Å². The second-order valence-electron chi connectivity index (χ2n) is 6.02. The first-order valence-electron chi connectivity index (χ1n) is 8.76. The summed E-state index contributed by atoms with van der Waals surface area (Å²) < 4.78 is 8.08. The third kappa shape index (κ3) is 3.67. The molecule has 0 saturated heterocycles. The number of rotatable bonds is 6. The maximum Gasteiger partial charge on any atom is 0.133 e. The molecule has 26 heavy (non-hydrogen) atoms. The summed E-state index contributed by atoms with van der Waals surface area (Å²) in [6.45, 7) is 1.33. The number of imidazole rings is 1. The van der Waals surface area contributed by atoms with Crippen LogP contribution < -0.4 is 4.74 Å². The van der Waals surface area contributed by atoms with Crippen LogP contribution in [0.2, 0.25) is 0 Å². The number of nitrogens with zero attached hydrogens (tertiary/aromatic N) is 2. The molecule has 0 unspecified atom stereocenters. The van der Waals surface area contributed by atoms with E-state index in [0.29, 0.717) is 6.61 Å². The maximum atomic E-state index is 5.87. The van der Waals surface area contributed by atoms with Crippen LogP contribution in [0.1, 0.15) is 11.4 Å². The van der Waals surface area contributed by atoms with Gasteiger partial charge in [-0.3, -0.25) is 0 Å². The molecule has 0 fully saturated rings. The van der Waals surface area contributed by atoms with Gasteiger partial charge in [-0.25, -0.2) is 4.98 Å². The zero-order valence-electron chi connectivity index (χ0n) is 14.5. The fourth-order valence-electron chi connectivity index (χ4n) is 2.96. The average molecular weight is 340 g/mol. The van der Waals surface area contributed by atoms with Crippen molar-refractivity contribution in [2.24, 2.45) is 0 Å². The first kappa shape index (κ1) is 16.2. The standard InChI is InChI=1S/C23H20N2O/c1-3-9-19(10-4-1)15-16-23-24-21-13-7-8-14-22(21)25(23)17-18-26-20-11-5-2-6-12-20/h1-16H,17-18H2/b16-15+. The minimum Gasteiger partial charge on any atom is -0.492 e. The summed E-state index contributed by atoms with van der Waals surface area (Å²) >= 11 is 0. The van der Waals surface area contributed by atoms with Gasteiger partial charge < -0.3 is 9.30 Å². The Bertz CT molecular complexity index is 1000. The molecule has 3 heteroatoms. The van der Waals surface area contributed by atoms with Crippen molar-refractivity contribution >= 4 is 23.2 Å². The van der Waals surface area contributed by atoms with Crippen LogP contribution in [0.4, 0.5) is 0 Å². The van der Waals surface area contributed by atoms with E-state index in [4.69, 9.17) is 9.72 Å². The largest absolute Gasteiger partial charge is 0.492 e. The third-order valence-electron chi connectivity index (χ3n) is 4.24. The van der Waals surface area contributed by atoms with Crippen LogP contribution in [-0.4, -0.2) is 16.2 Å². The van der Waals surface area contributed by atoms with Crippen molar-refractivity contribution in [2.75, 3.05) is 6.61 Å². The van der Waals surface area contributed by atoms with Crippen LogP contribution >= 0.6 is 0 Å². The quantitative estimate of drug-likeness (QED) is 0.477. The van der Waals surface area contributed by atoms with Crippen molar-refractivity contribution in [2.45, 2.75) is 6.54 Å². The van der Waals surface area contributed by atoms with E-state index in [1.807, 2.05) is 66.7 Å². The Balaban J connectivity index is 1.58. The number of hydrogen-bond donors (Lipinski definition) is 0. The van der Waals surface area contributed by atoms with Crippen molar-refractivity contribution < 1.29 is 4.74 Å². The zero-order valence-corrected chi connectivity index (χ0v) is 14.5. The van der Waals surface area contributed by atoms with Gasteiger partial charge in [0.05, 0.1) is 17.6 Å². The number of ether oxygens (including phenoxy) is 1. The van der Waals surface area contributed by atoms with Gasteiger partial charge in [-0.05, 0) is 35.9 Å². The monoisotopic (exact) mass is 340 g/mol. The lowest BCUT2D eigenvalue weighted by Gasteiger charge is -2.09. The fourth-order valence-corrected chi connectivity index (χ4v) is 2.96. The van der Waals surface area contributed by atoms with E-state index in [0.717, 1.165) is 34.7 Å². The second-order valence-corrected chi connectivity index (χ2v) is 6.02. The predicted octanol–water partition coefficient (Wildman–Crippen LogP) is 5.29. The smallest absolute Gasteiger partial charge is 0.133 e. The Kier molecular flexibility index (Phi) is 4.79. The summed E-state index contributed by atoms with van der Waals surface area (Å²) in [5.74, 6) is 1.82. The summed E-state index contributed by atoms with van der Waals surface area (Å²) in [4.78, 5) is 4.77. The summed E-state index contributed by atoms with van der Waals surface area (Å²) in [5.41, 5.74) is 3.28. The van der Waals surface area contributed by atoms with E-state index in [9.17, 15) is 0 Å². The fraction of sp³-hybridized carbons (Fsp3) is 0.0870. The lowest BCUT2D eigenvalue weighted by molar-refractivity contribution is 0.300. The van der Waals surface area contributed by atoms with Crippen LogP contribution in [0.3, 0.4) is 0 Å². The van der Waals surface area contributed by atoms with Crippen molar-refractivity contribution in [3.63, 3.8) is 0 Å². The van der Waals surface area contributed by atoms with Crippen LogP contribution in [0.5, 0.6) is 5.75 Å². The maximum absolute atomic E-state index is 5.87. The molecule has 128 valence electrons. The molecule has 4 aromatic rings. The Morgan fingerprint density at radius 3 is 2.27 bits per heavy atom. The van der Waals surface area contributed by atoms with E-state index in [-0.39, 0.29) is 0 Å². The number of para-hydroxylation sites is 3. The molecule has 0 amide bonds. The molecule has 4 rings (SSSR count). The van der Waals surface area contributed by atoms with Gasteiger partial charge >= 0.3 is 0 Å². The van der Waals surface area contributed by atoms with Gasteiger partial charge in [0.25, 0.3) is 0 Å².